The Morgan fingerprint density at radius 3 is 2.50 bits per heavy atom. The largest absolute Gasteiger partial charge is 0.399 e. The van der Waals surface area contributed by atoms with E-state index in [2.05, 4.69) is 5.32 Å². The Morgan fingerprint density at radius 2 is 1.94 bits per heavy atom. The highest BCUT2D eigenvalue weighted by Crippen LogP contribution is 2.09. The first-order valence-corrected chi connectivity index (χ1v) is 6.74. The van der Waals surface area contributed by atoms with Gasteiger partial charge in [0.05, 0.1) is 5.75 Å². The van der Waals surface area contributed by atoms with Crippen molar-refractivity contribution in [2.75, 3.05) is 23.3 Å². The van der Waals surface area contributed by atoms with Gasteiger partial charge in [0.2, 0.25) is 0 Å². The van der Waals surface area contributed by atoms with Crippen LogP contribution >= 0.6 is 0 Å². The monoisotopic (exact) mass is 240 g/mol. The molecule has 0 heterocycles. The van der Waals surface area contributed by atoms with Crippen molar-refractivity contribution in [1.29, 1.82) is 0 Å². The molecule has 0 bridgehead atoms. The van der Waals surface area contributed by atoms with E-state index in [4.69, 9.17) is 5.73 Å². The molecular formula is C11H16N2O2S. The number of sulfone groups is 1. The summed E-state index contributed by atoms with van der Waals surface area (Å²) >= 11 is 0. The topological polar surface area (TPSA) is 72.2 Å². The van der Waals surface area contributed by atoms with E-state index in [9.17, 15) is 8.42 Å². The molecule has 0 unspecified atom stereocenters. The fourth-order valence-corrected chi connectivity index (χ4v) is 1.65. The molecule has 0 saturated heterocycles. The lowest BCUT2D eigenvalue weighted by Crippen LogP contribution is -2.01. The van der Waals surface area contributed by atoms with Crippen LogP contribution in [-0.4, -0.2) is 20.7 Å². The number of nitrogens with one attached hydrogen (secondary N) is 1. The fourth-order valence-electron chi connectivity index (χ4n) is 1.07. The SMILES string of the molecule is CCS(=O)(=O)C=CCNc1ccc(N)cc1. The molecule has 0 atom stereocenters. The Bertz CT molecular complexity index is 449. The second-order valence-electron chi connectivity index (χ2n) is 3.33. The predicted octanol–water partition coefficient (Wildman–Crippen LogP) is 1.63. The highest BCUT2D eigenvalue weighted by atomic mass is 32.2. The first-order valence-electron chi connectivity index (χ1n) is 5.02. The van der Waals surface area contributed by atoms with Crippen LogP contribution in [0.3, 0.4) is 0 Å². The maximum atomic E-state index is 11.1. The van der Waals surface area contributed by atoms with Gasteiger partial charge < -0.3 is 11.1 Å². The van der Waals surface area contributed by atoms with Crippen LogP contribution in [0.1, 0.15) is 6.92 Å². The average molecular weight is 240 g/mol. The summed E-state index contributed by atoms with van der Waals surface area (Å²) in [4.78, 5) is 0. The Morgan fingerprint density at radius 1 is 1.31 bits per heavy atom. The minimum Gasteiger partial charge on any atom is -0.399 e. The summed E-state index contributed by atoms with van der Waals surface area (Å²) in [5, 5.41) is 4.30. The first-order chi connectivity index (χ1) is 7.53. The van der Waals surface area contributed by atoms with Gasteiger partial charge in [-0.2, -0.15) is 0 Å². The summed E-state index contributed by atoms with van der Waals surface area (Å²) < 4.78 is 22.2. The molecule has 0 amide bonds. The van der Waals surface area contributed by atoms with Crippen LogP contribution < -0.4 is 11.1 Å². The average Bonchev–Trinajstić information content (AvgIpc) is 2.27. The van der Waals surface area contributed by atoms with Gasteiger partial charge in [-0.25, -0.2) is 8.42 Å². The van der Waals surface area contributed by atoms with E-state index in [0.717, 1.165) is 5.69 Å². The molecule has 3 N–H and O–H groups in total. The third-order valence-corrected chi connectivity index (χ3v) is 3.45. The summed E-state index contributed by atoms with van der Waals surface area (Å²) in [7, 11) is -3.02. The molecule has 5 heteroatoms. The zero-order valence-corrected chi connectivity index (χ0v) is 10.00. The van der Waals surface area contributed by atoms with Gasteiger partial charge in [0.1, 0.15) is 0 Å². The van der Waals surface area contributed by atoms with Crippen LogP contribution in [0.25, 0.3) is 0 Å². The molecular weight excluding hydrogens is 224 g/mol. The van der Waals surface area contributed by atoms with Gasteiger partial charge >= 0.3 is 0 Å². The Balaban J connectivity index is 2.45. The second-order valence-corrected chi connectivity index (χ2v) is 5.50. The van der Waals surface area contributed by atoms with Crippen molar-refractivity contribution in [3.05, 3.63) is 35.7 Å². The third kappa shape index (κ3) is 4.35. The number of anilines is 2. The molecule has 0 fully saturated rings. The number of nitrogen functional groups attached to an aromatic ring is 1. The molecule has 88 valence electrons. The number of benzene rings is 1. The smallest absolute Gasteiger partial charge is 0.171 e. The van der Waals surface area contributed by atoms with E-state index in [1.54, 1.807) is 25.1 Å². The van der Waals surface area contributed by atoms with Crippen molar-refractivity contribution in [2.45, 2.75) is 6.92 Å². The lowest BCUT2D eigenvalue weighted by atomic mass is 10.3. The Labute approximate surface area is 96.1 Å². The molecule has 16 heavy (non-hydrogen) atoms. The molecule has 0 aliphatic heterocycles. The summed E-state index contributed by atoms with van der Waals surface area (Å²) in [6.07, 6.45) is 1.59. The lowest BCUT2D eigenvalue weighted by Gasteiger charge is -2.02. The minimum absolute atomic E-state index is 0.130. The van der Waals surface area contributed by atoms with Crippen LogP contribution in [0.4, 0.5) is 11.4 Å². The van der Waals surface area contributed by atoms with E-state index >= 15 is 0 Å². The fraction of sp³-hybridized carbons (Fsp3) is 0.273. The van der Waals surface area contributed by atoms with Crippen LogP contribution in [0.15, 0.2) is 35.7 Å². The Hall–Kier alpha value is -1.49. The molecule has 0 aromatic heterocycles. The van der Waals surface area contributed by atoms with E-state index in [-0.39, 0.29) is 5.75 Å². The summed E-state index contributed by atoms with van der Waals surface area (Å²) in [5.74, 6) is 0.130. The molecule has 0 saturated carbocycles. The van der Waals surface area contributed by atoms with Crippen molar-refractivity contribution in [2.24, 2.45) is 0 Å². The van der Waals surface area contributed by atoms with Gasteiger partial charge in [0.25, 0.3) is 0 Å². The molecule has 0 radical (unpaired) electrons. The normalized spacial score (nSPS) is 11.8. The highest BCUT2D eigenvalue weighted by Gasteiger charge is 1.98. The standard InChI is InChI=1S/C11H16N2O2S/c1-2-16(14,15)9-3-8-13-11-6-4-10(12)5-7-11/h3-7,9,13H,2,8,12H2,1H3. The number of hydrogen-bond acceptors (Lipinski definition) is 4. The van der Waals surface area contributed by atoms with Crippen LogP contribution in [0.2, 0.25) is 0 Å². The van der Waals surface area contributed by atoms with Crippen molar-refractivity contribution in [3.8, 4) is 0 Å². The van der Waals surface area contributed by atoms with E-state index in [1.807, 2.05) is 12.1 Å². The van der Waals surface area contributed by atoms with E-state index in [0.29, 0.717) is 12.2 Å². The second kappa shape index (κ2) is 5.55. The van der Waals surface area contributed by atoms with Crippen molar-refractivity contribution in [3.63, 3.8) is 0 Å². The van der Waals surface area contributed by atoms with E-state index < -0.39 is 9.84 Å². The summed E-state index contributed by atoms with van der Waals surface area (Å²) in [5.41, 5.74) is 7.15. The van der Waals surface area contributed by atoms with Crippen LogP contribution in [0, 0.1) is 0 Å². The zero-order chi connectivity index (χ0) is 12.0. The van der Waals surface area contributed by atoms with Crippen molar-refractivity contribution in [1.82, 2.24) is 0 Å². The third-order valence-electron chi connectivity index (χ3n) is 2.04. The quantitative estimate of drug-likeness (QED) is 0.767. The molecule has 1 aromatic rings. The molecule has 0 aliphatic carbocycles. The number of rotatable bonds is 5. The first kappa shape index (κ1) is 12.6. The van der Waals surface area contributed by atoms with Crippen molar-refractivity contribution >= 4 is 21.2 Å². The maximum absolute atomic E-state index is 11.1. The highest BCUT2D eigenvalue weighted by molar-refractivity contribution is 7.94. The zero-order valence-electron chi connectivity index (χ0n) is 9.18. The minimum atomic E-state index is -3.02. The summed E-state index contributed by atoms with van der Waals surface area (Å²) in [6.45, 7) is 2.09. The predicted molar refractivity (Wildman–Crippen MR) is 67.9 cm³/mol. The van der Waals surface area contributed by atoms with Gasteiger partial charge in [-0.3, -0.25) is 0 Å². The van der Waals surface area contributed by atoms with E-state index in [1.165, 1.54) is 5.41 Å². The van der Waals surface area contributed by atoms with Crippen LogP contribution in [-0.2, 0) is 9.84 Å². The molecule has 1 aromatic carbocycles. The molecule has 1 rings (SSSR count). The van der Waals surface area contributed by atoms with Crippen molar-refractivity contribution < 1.29 is 8.42 Å². The lowest BCUT2D eigenvalue weighted by molar-refractivity contribution is 0.605. The number of hydrogen-bond donors (Lipinski definition) is 2. The molecule has 0 spiro atoms. The van der Waals surface area contributed by atoms with Gasteiger partial charge in [-0.15, -0.1) is 0 Å². The maximum Gasteiger partial charge on any atom is 0.171 e. The van der Waals surface area contributed by atoms with Gasteiger partial charge in [0, 0.05) is 23.3 Å². The van der Waals surface area contributed by atoms with Crippen LogP contribution in [0.5, 0.6) is 0 Å². The Kier molecular flexibility index (Phi) is 4.37. The molecule has 4 nitrogen and oxygen atoms in total. The van der Waals surface area contributed by atoms with Gasteiger partial charge in [-0.05, 0) is 24.3 Å². The summed E-state index contributed by atoms with van der Waals surface area (Å²) in [6, 6.07) is 7.26. The van der Waals surface area contributed by atoms with Gasteiger partial charge in [-0.1, -0.05) is 13.0 Å². The number of nitrogens with two attached hydrogens (primary N) is 1. The van der Waals surface area contributed by atoms with Gasteiger partial charge in [0.15, 0.2) is 9.84 Å². The molecule has 0 aliphatic rings.